The van der Waals surface area contributed by atoms with E-state index >= 15 is 0 Å². The fourth-order valence-corrected chi connectivity index (χ4v) is 2.55. The predicted molar refractivity (Wildman–Crippen MR) is 69.8 cm³/mol. The van der Waals surface area contributed by atoms with Crippen LogP contribution in [0.2, 0.25) is 0 Å². The first-order chi connectivity index (χ1) is 8.70. The maximum absolute atomic E-state index is 12.8. The number of aryl methyl sites for hydroxylation is 1. The van der Waals surface area contributed by atoms with Gasteiger partial charge in [0.2, 0.25) is 0 Å². The maximum atomic E-state index is 12.8. The average Bonchev–Trinajstić information content (AvgIpc) is 2.71. The van der Waals surface area contributed by atoms with Crippen molar-refractivity contribution in [2.24, 2.45) is 5.73 Å². The van der Waals surface area contributed by atoms with Gasteiger partial charge in [-0.1, -0.05) is 23.9 Å². The Morgan fingerprint density at radius 3 is 2.67 bits per heavy atom. The first-order valence-corrected chi connectivity index (χ1v) is 6.66. The molecule has 1 aromatic carbocycles. The quantitative estimate of drug-likeness (QED) is 0.841. The van der Waals surface area contributed by atoms with Gasteiger partial charge in [0.1, 0.15) is 11.6 Å². The summed E-state index contributed by atoms with van der Waals surface area (Å²) in [6, 6.07) is 6.48. The van der Waals surface area contributed by atoms with Crippen molar-refractivity contribution in [2.45, 2.75) is 24.4 Å². The van der Waals surface area contributed by atoms with E-state index in [9.17, 15) is 4.39 Å². The van der Waals surface area contributed by atoms with Crippen LogP contribution in [0, 0.1) is 12.7 Å². The van der Waals surface area contributed by atoms with Gasteiger partial charge in [-0.15, -0.1) is 10.2 Å². The Bertz CT molecular complexity index is 509. The molecule has 0 atom stereocenters. The number of hydrogen-bond donors (Lipinski definition) is 1. The highest BCUT2D eigenvalue weighted by molar-refractivity contribution is 7.98. The van der Waals surface area contributed by atoms with E-state index in [-0.39, 0.29) is 5.82 Å². The number of nitrogens with zero attached hydrogens (tertiary/aromatic N) is 3. The van der Waals surface area contributed by atoms with Crippen molar-refractivity contribution in [2.75, 3.05) is 6.54 Å². The molecule has 18 heavy (non-hydrogen) atoms. The summed E-state index contributed by atoms with van der Waals surface area (Å²) < 4.78 is 14.8. The predicted octanol–water partition coefficient (Wildman–Crippen LogP) is 1.98. The smallest absolute Gasteiger partial charge is 0.191 e. The minimum absolute atomic E-state index is 0.217. The Balaban J connectivity index is 2.03. The lowest BCUT2D eigenvalue weighted by Crippen LogP contribution is -2.12. The highest BCUT2D eigenvalue weighted by Crippen LogP contribution is 2.21. The van der Waals surface area contributed by atoms with Crippen LogP contribution >= 0.6 is 11.8 Å². The van der Waals surface area contributed by atoms with Crippen molar-refractivity contribution < 1.29 is 4.39 Å². The fraction of sp³-hybridized carbons (Fsp3) is 0.333. The molecule has 0 bridgehead atoms. The zero-order valence-electron chi connectivity index (χ0n) is 10.1. The molecule has 0 radical (unpaired) electrons. The van der Waals surface area contributed by atoms with Gasteiger partial charge in [-0.05, 0) is 24.6 Å². The minimum Gasteiger partial charge on any atom is -0.329 e. The molecule has 2 aromatic rings. The van der Waals surface area contributed by atoms with Crippen molar-refractivity contribution in [1.82, 2.24) is 14.8 Å². The van der Waals surface area contributed by atoms with Crippen LogP contribution in [0.25, 0.3) is 0 Å². The van der Waals surface area contributed by atoms with Gasteiger partial charge in [0.25, 0.3) is 0 Å². The van der Waals surface area contributed by atoms with Gasteiger partial charge in [0, 0.05) is 18.8 Å². The monoisotopic (exact) mass is 266 g/mol. The van der Waals surface area contributed by atoms with E-state index in [2.05, 4.69) is 10.2 Å². The summed E-state index contributed by atoms with van der Waals surface area (Å²) in [5.74, 6) is 1.39. The molecule has 0 saturated heterocycles. The first-order valence-electron chi connectivity index (χ1n) is 5.68. The van der Waals surface area contributed by atoms with Gasteiger partial charge in [-0.2, -0.15) is 0 Å². The Morgan fingerprint density at radius 2 is 2.00 bits per heavy atom. The molecule has 2 N–H and O–H groups in total. The van der Waals surface area contributed by atoms with Gasteiger partial charge < -0.3 is 10.3 Å². The second-order valence-corrected chi connectivity index (χ2v) is 4.83. The zero-order chi connectivity index (χ0) is 13.0. The molecule has 0 saturated carbocycles. The Labute approximate surface area is 109 Å². The summed E-state index contributed by atoms with van der Waals surface area (Å²) in [4.78, 5) is 0. The lowest BCUT2D eigenvalue weighted by molar-refractivity contribution is 0.626. The van der Waals surface area contributed by atoms with E-state index < -0.39 is 0 Å². The number of thioether (sulfide) groups is 1. The van der Waals surface area contributed by atoms with E-state index in [1.165, 1.54) is 12.1 Å². The van der Waals surface area contributed by atoms with Crippen molar-refractivity contribution in [3.8, 4) is 0 Å². The third kappa shape index (κ3) is 3.08. The highest BCUT2D eigenvalue weighted by atomic mass is 32.2. The number of halogens is 1. The normalized spacial score (nSPS) is 10.8. The second kappa shape index (κ2) is 5.97. The lowest BCUT2D eigenvalue weighted by Gasteiger charge is -2.06. The van der Waals surface area contributed by atoms with Crippen molar-refractivity contribution in [1.29, 1.82) is 0 Å². The van der Waals surface area contributed by atoms with Gasteiger partial charge in [0.05, 0.1) is 0 Å². The molecule has 1 heterocycles. The van der Waals surface area contributed by atoms with E-state index in [0.717, 1.165) is 22.3 Å². The summed E-state index contributed by atoms with van der Waals surface area (Å²) in [7, 11) is 0. The summed E-state index contributed by atoms with van der Waals surface area (Å²) >= 11 is 1.58. The van der Waals surface area contributed by atoms with Crippen molar-refractivity contribution in [3.05, 3.63) is 41.5 Å². The largest absolute Gasteiger partial charge is 0.329 e. The molecule has 0 aliphatic heterocycles. The summed E-state index contributed by atoms with van der Waals surface area (Å²) in [5.41, 5.74) is 6.61. The van der Waals surface area contributed by atoms with E-state index in [1.807, 2.05) is 11.5 Å². The van der Waals surface area contributed by atoms with Gasteiger partial charge in [0.15, 0.2) is 5.16 Å². The summed E-state index contributed by atoms with van der Waals surface area (Å²) in [6.45, 7) is 3.18. The number of rotatable bonds is 5. The van der Waals surface area contributed by atoms with Crippen LogP contribution in [0.5, 0.6) is 0 Å². The van der Waals surface area contributed by atoms with Crippen LogP contribution in [0.15, 0.2) is 29.4 Å². The van der Waals surface area contributed by atoms with Crippen LogP contribution in [0.3, 0.4) is 0 Å². The number of nitrogens with two attached hydrogens (primary N) is 1. The standard InChI is InChI=1S/C12H15FN4S/c1-9-15-16-12(17(9)7-6-14)18-8-10-2-4-11(13)5-3-10/h2-5H,6-8,14H2,1H3. The molecule has 96 valence electrons. The first kappa shape index (κ1) is 13.0. The van der Waals surface area contributed by atoms with Crippen LogP contribution in [0.1, 0.15) is 11.4 Å². The molecule has 0 unspecified atom stereocenters. The van der Waals surface area contributed by atoms with Crippen molar-refractivity contribution >= 4 is 11.8 Å². The lowest BCUT2D eigenvalue weighted by atomic mass is 10.2. The summed E-state index contributed by atoms with van der Waals surface area (Å²) in [6.07, 6.45) is 0. The van der Waals surface area contributed by atoms with Crippen LogP contribution in [-0.2, 0) is 12.3 Å². The minimum atomic E-state index is -0.217. The van der Waals surface area contributed by atoms with E-state index in [0.29, 0.717) is 13.1 Å². The molecule has 0 aliphatic carbocycles. The second-order valence-electron chi connectivity index (χ2n) is 3.89. The third-order valence-corrected chi connectivity index (χ3v) is 3.57. The Hall–Kier alpha value is -1.40. The molecule has 0 fully saturated rings. The fourth-order valence-electron chi connectivity index (χ4n) is 1.58. The van der Waals surface area contributed by atoms with E-state index in [4.69, 9.17) is 5.73 Å². The number of hydrogen-bond acceptors (Lipinski definition) is 4. The molecule has 0 spiro atoms. The highest BCUT2D eigenvalue weighted by Gasteiger charge is 2.08. The van der Waals surface area contributed by atoms with Crippen LogP contribution in [0.4, 0.5) is 4.39 Å². The molecule has 1 aromatic heterocycles. The maximum Gasteiger partial charge on any atom is 0.191 e. The summed E-state index contributed by atoms with van der Waals surface area (Å²) in [5, 5.41) is 9.00. The molecule has 0 aliphatic rings. The molecular weight excluding hydrogens is 251 g/mol. The topological polar surface area (TPSA) is 56.7 Å². The Morgan fingerprint density at radius 1 is 1.28 bits per heavy atom. The third-order valence-electron chi connectivity index (χ3n) is 2.54. The number of aromatic nitrogens is 3. The van der Waals surface area contributed by atoms with Crippen molar-refractivity contribution in [3.63, 3.8) is 0 Å². The molecule has 4 nitrogen and oxygen atoms in total. The molecular formula is C12H15FN4S. The number of benzene rings is 1. The zero-order valence-corrected chi connectivity index (χ0v) is 11.0. The SMILES string of the molecule is Cc1nnc(SCc2ccc(F)cc2)n1CCN. The van der Waals surface area contributed by atoms with Gasteiger partial charge in [-0.3, -0.25) is 0 Å². The van der Waals surface area contributed by atoms with Crippen LogP contribution in [-0.4, -0.2) is 21.3 Å². The van der Waals surface area contributed by atoms with E-state index in [1.54, 1.807) is 23.9 Å². The molecule has 2 rings (SSSR count). The Kier molecular flexibility index (Phi) is 4.33. The van der Waals surface area contributed by atoms with Crippen LogP contribution < -0.4 is 5.73 Å². The molecule has 0 amide bonds. The average molecular weight is 266 g/mol. The molecule has 6 heteroatoms. The van der Waals surface area contributed by atoms with Gasteiger partial charge in [-0.25, -0.2) is 4.39 Å². The van der Waals surface area contributed by atoms with Gasteiger partial charge >= 0.3 is 0 Å².